The van der Waals surface area contributed by atoms with Gasteiger partial charge in [-0.05, 0) is 18.6 Å². The van der Waals surface area contributed by atoms with Crippen LogP contribution in [0.2, 0.25) is 0 Å². The highest BCUT2D eigenvalue weighted by molar-refractivity contribution is 5.62. The number of nitrogens with zero attached hydrogens (tertiary/aromatic N) is 3. The molecule has 0 bridgehead atoms. The molecule has 2 aromatic rings. The van der Waals surface area contributed by atoms with E-state index in [0.29, 0.717) is 12.2 Å². The lowest BCUT2D eigenvalue weighted by Crippen LogP contribution is -2.07. The number of aryl methyl sites for hydroxylation is 2. The second-order valence-corrected chi connectivity index (χ2v) is 4.09. The largest absolute Gasteiger partial charge is 0.372 e. The Balaban J connectivity index is 2.19. The zero-order valence-corrected chi connectivity index (χ0v) is 10.3. The summed E-state index contributed by atoms with van der Waals surface area (Å²) in [6.07, 6.45) is 3.53. The van der Waals surface area contributed by atoms with E-state index in [2.05, 4.69) is 10.3 Å². The van der Waals surface area contributed by atoms with Crippen LogP contribution in [-0.4, -0.2) is 14.5 Å². The average molecular weight is 246 g/mol. The van der Waals surface area contributed by atoms with Gasteiger partial charge in [-0.1, -0.05) is 6.07 Å². The van der Waals surface area contributed by atoms with Crippen molar-refractivity contribution in [1.29, 1.82) is 0 Å². The van der Waals surface area contributed by atoms with Gasteiger partial charge >= 0.3 is 0 Å². The molecule has 0 unspecified atom stereocenters. The normalized spacial score (nSPS) is 10.3. The molecule has 0 fully saturated rings. The Labute approximate surface area is 104 Å². The Hall–Kier alpha value is -2.37. The van der Waals surface area contributed by atoms with Gasteiger partial charge in [0.25, 0.3) is 5.69 Å². The van der Waals surface area contributed by atoms with Gasteiger partial charge in [-0.3, -0.25) is 10.1 Å². The lowest BCUT2D eigenvalue weighted by molar-refractivity contribution is -0.384. The molecule has 2 rings (SSSR count). The Morgan fingerprint density at radius 1 is 1.50 bits per heavy atom. The van der Waals surface area contributed by atoms with Crippen molar-refractivity contribution in [2.75, 3.05) is 5.32 Å². The van der Waals surface area contributed by atoms with Crippen LogP contribution in [0.5, 0.6) is 0 Å². The number of nitro benzene ring substituents is 1. The number of aromatic nitrogens is 2. The fourth-order valence-corrected chi connectivity index (χ4v) is 1.68. The van der Waals surface area contributed by atoms with Gasteiger partial charge in [0, 0.05) is 25.5 Å². The third kappa shape index (κ3) is 2.48. The summed E-state index contributed by atoms with van der Waals surface area (Å²) in [5.74, 6) is 0.824. The first-order chi connectivity index (χ1) is 8.58. The lowest BCUT2D eigenvalue weighted by atomic mass is 10.2. The lowest BCUT2D eigenvalue weighted by Gasteiger charge is -2.07. The van der Waals surface area contributed by atoms with E-state index >= 15 is 0 Å². The van der Waals surface area contributed by atoms with Gasteiger partial charge in [0.2, 0.25) is 0 Å². The van der Waals surface area contributed by atoms with E-state index in [4.69, 9.17) is 0 Å². The summed E-state index contributed by atoms with van der Waals surface area (Å²) < 4.78 is 1.87. The summed E-state index contributed by atoms with van der Waals surface area (Å²) in [4.78, 5) is 14.7. The molecule has 18 heavy (non-hydrogen) atoms. The Bertz CT molecular complexity index is 577. The zero-order valence-electron chi connectivity index (χ0n) is 10.3. The molecule has 0 spiro atoms. The standard InChI is InChI=1S/C12H14N4O2/c1-9-3-4-10(11(7-9)16(17)18)14-8-12-13-5-6-15(12)2/h3-7,14H,8H2,1-2H3. The van der Waals surface area contributed by atoms with Crippen LogP contribution in [0, 0.1) is 17.0 Å². The van der Waals surface area contributed by atoms with Crippen molar-refractivity contribution in [3.8, 4) is 0 Å². The van der Waals surface area contributed by atoms with Crippen molar-refractivity contribution in [2.24, 2.45) is 7.05 Å². The Morgan fingerprint density at radius 3 is 2.89 bits per heavy atom. The third-order valence-corrected chi connectivity index (χ3v) is 2.71. The predicted octanol–water partition coefficient (Wildman–Crippen LogP) is 2.25. The predicted molar refractivity (Wildman–Crippen MR) is 68.4 cm³/mol. The van der Waals surface area contributed by atoms with Crippen LogP contribution in [-0.2, 0) is 13.6 Å². The molecule has 1 aromatic carbocycles. The van der Waals surface area contributed by atoms with Crippen molar-refractivity contribution in [3.63, 3.8) is 0 Å². The van der Waals surface area contributed by atoms with Crippen LogP contribution in [0.1, 0.15) is 11.4 Å². The zero-order chi connectivity index (χ0) is 13.1. The van der Waals surface area contributed by atoms with Gasteiger partial charge in [-0.25, -0.2) is 4.98 Å². The van der Waals surface area contributed by atoms with Crippen LogP contribution in [0.4, 0.5) is 11.4 Å². The van der Waals surface area contributed by atoms with E-state index in [0.717, 1.165) is 11.4 Å². The Morgan fingerprint density at radius 2 is 2.28 bits per heavy atom. The molecule has 0 aliphatic heterocycles. The third-order valence-electron chi connectivity index (χ3n) is 2.71. The van der Waals surface area contributed by atoms with E-state index in [-0.39, 0.29) is 10.6 Å². The number of benzene rings is 1. The highest BCUT2D eigenvalue weighted by atomic mass is 16.6. The molecule has 1 aromatic heterocycles. The minimum Gasteiger partial charge on any atom is -0.372 e. The van der Waals surface area contributed by atoms with Crippen molar-refractivity contribution in [2.45, 2.75) is 13.5 Å². The fraction of sp³-hybridized carbons (Fsp3) is 0.250. The molecule has 6 nitrogen and oxygen atoms in total. The summed E-state index contributed by atoms with van der Waals surface area (Å²) >= 11 is 0. The van der Waals surface area contributed by atoms with E-state index in [1.54, 1.807) is 18.3 Å². The molecule has 94 valence electrons. The topological polar surface area (TPSA) is 73.0 Å². The number of hydrogen-bond donors (Lipinski definition) is 1. The smallest absolute Gasteiger partial charge is 0.292 e. The number of hydrogen-bond acceptors (Lipinski definition) is 4. The molecule has 0 radical (unpaired) electrons. The molecule has 0 amide bonds. The molecular formula is C12H14N4O2. The van der Waals surface area contributed by atoms with Gasteiger partial charge < -0.3 is 9.88 Å². The number of anilines is 1. The summed E-state index contributed by atoms with van der Waals surface area (Å²) in [6, 6.07) is 5.12. The molecule has 0 atom stereocenters. The monoisotopic (exact) mass is 246 g/mol. The molecule has 6 heteroatoms. The summed E-state index contributed by atoms with van der Waals surface area (Å²) in [7, 11) is 1.88. The van der Waals surface area contributed by atoms with Gasteiger partial charge in [0.05, 0.1) is 11.5 Å². The second-order valence-electron chi connectivity index (χ2n) is 4.09. The Kier molecular flexibility index (Phi) is 3.27. The summed E-state index contributed by atoms with van der Waals surface area (Å²) in [6.45, 7) is 2.28. The van der Waals surface area contributed by atoms with Crippen LogP contribution < -0.4 is 5.32 Å². The average Bonchev–Trinajstić information content (AvgIpc) is 2.73. The first-order valence-electron chi connectivity index (χ1n) is 5.53. The molecule has 0 saturated carbocycles. The van der Waals surface area contributed by atoms with Gasteiger partial charge in [0.1, 0.15) is 11.5 Å². The van der Waals surface area contributed by atoms with Gasteiger partial charge in [-0.15, -0.1) is 0 Å². The van der Waals surface area contributed by atoms with E-state index in [1.807, 2.05) is 30.8 Å². The van der Waals surface area contributed by atoms with Crippen molar-refractivity contribution in [1.82, 2.24) is 9.55 Å². The summed E-state index contributed by atoms with van der Waals surface area (Å²) in [5, 5.41) is 14.0. The SMILES string of the molecule is Cc1ccc(NCc2nccn2C)c([N+](=O)[O-])c1. The quantitative estimate of drug-likeness (QED) is 0.663. The van der Waals surface area contributed by atoms with E-state index in [9.17, 15) is 10.1 Å². The maximum atomic E-state index is 10.9. The first-order valence-corrected chi connectivity index (χ1v) is 5.53. The maximum absolute atomic E-state index is 10.9. The van der Waals surface area contributed by atoms with Crippen molar-refractivity contribution in [3.05, 3.63) is 52.1 Å². The number of nitro groups is 1. The first kappa shape index (κ1) is 12.1. The maximum Gasteiger partial charge on any atom is 0.292 e. The second kappa shape index (κ2) is 4.87. The van der Waals surface area contributed by atoms with Gasteiger partial charge in [-0.2, -0.15) is 0 Å². The molecule has 0 aliphatic carbocycles. The minimum absolute atomic E-state index is 0.0872. The molecule has 1 heterocycles. The number of imidazole rings is 1. The fourth-order valence-electron chi connectivity index (χ4n) is 1.68. The van der Waals surface area contributed by atoms with E-state index in [1.165, 1.54) is 0 Å². The van der Waals surface area contributed by atoms with Crippen LogP contribution in [0.25, 0.3) is 0 Å². The van der Waals surface area contributed by atoms with Crippen molar-refractivity contribution < 1.29 is 4.92 Å². The minimum atomic E-state index is -0.381. The van der Waals surface area contributed by atoms with Gasteiger partial charge in [0.15, 0.2) is 0 Å². The van der Waals surface area contributed by atoms with Crippen LogP contribution >= 0.6 is 0 Å². The van der Waals surface area contributed by atoms with Crippen LogP contribution in [0.3, 0.4) is 0 Å². The highest BCUT2D eigenvalue weighted by Crippen LogP contribution is 2.25. The molecule has 0 aliphatic rings. The number of rotatable bonds is 4. The van der Waals surface area contributed by atoms with E-state index < -0.39 is 0 Å². The highest BCUT2D eigenvalue weighted by Gasteiger charge is 2.13. The van der Waals surface area contributed by atoms with Crippen molar-refractivity contribution >= 4 is 11.4 Å². The van der Waals surface area contributed by atoms with Crippen LogP contribution in [0.15, 0.2) is 30.6 Å². The molecule has 1 N–H and O–H groups in total. The summed E-state index contributed by atoms with van der Waals surface area (Å²) in [5.41, 5.74) is 1.46. The molecule has 0 saturated heterocycles. The molecular weight excluding hydrogens is 232 g/mol. The number of nitrogens with one attached hydrogen (secondary N) is 1.